The number of carbonyl (C=O) groups is 1. The molecular weight excluding hydrogens is 259 g/mol. The molecule has 1 aliphatic carbocycles. The van der Waals surface area contributed by atoms with E-state index in [0.29, 0.717) is 6.29 Å². The van der Waals surface area contributed by atoms with Gasteiger partial charge in [0.1, 0.15) is 5.82 Å². The third-order valence-electron chi connectivity index (χ3n) is 3.18. The molecule has 0 N–H and O–H groups in total. The van der Waals surface area contributed by atoms with Crippen LogP contribution in [0, 0.1) is 5.82 Å². The van der Waals surface area contributed by atoms with Gasteiger partial charge in [-0.05, 0) is 42.5 Å². The van der Waals surface area contributed by atoms with Crippen LogP contribution in [-0.4, -0.2) is 6.29 Å². The van der Waals surface area contributed by atoms with E-state index in [4.69, 9.17) is 0 Å². The number of benzene rings is 1. The summed E-state index contributed by atoms with van der Waals surface area (Å²) in [5, 5.41) is 0. The fourth-order valence-electron chi connectivity index (χ4n) is 2.18. The van der Waals surface area contributed by atoms with E-state index in [1.807, 2.05) is 0 Å². The first-order valence-corrected chi connectivity index (χ1v) is 5.87. The number of rotatable bonds is 2. The number of alkyl halides is 1. The molecule has 0 aromatic heterocycles. The second-order valence-electron chi connectivity index (χ2n) is 3.97. The Hall–Kier alpha value is -0.700. The van der Waals surface area contributed by atoms with Crippen molar-refractivity contribution < 1.29 is 9.18 Å². The Morgan fingerprint density at radius 3 is 2.93 bits per heavy atom. The highest BCUT2D eigenvalue weighted by Crippen LogP contribution is 2.46. The Balaban J connectivity index is 2.58. The average molecular weight is 271 g/mol. The number of aldehydes is 1. The summed E-state index contributed by atoms with van der Waals surface area (Å²) in [5.41, 5.74) is 2.26. The summed E-state index contributed by atoms with van der Waals surface area (Å²) in [6, 6.07) is 3.18. The molecule has 0 heterocycles. The average Bonchev–Trinajstić information content (AvgIpc) is 2.56. The third-order valence-corrected chi connectivity index (χ3v) is 4.57. The van der Waals surface area contributed by atoms with Gasteiger partial charge in [0.2, 0.25) is 0 Å². The maximum atomic E-state index is 13.4. The van der Waals surface area contributed by atoms with Crippen LogP contribution in [-0.2, 0) is 10.7 Å². The lowest BCUT2D eigenvalue weighted by Gasteiger charge is -2.21. The number of fused-ring (bicyclic) bond motifs is 1. The monoisotopic (exact) mass is 270 g/mol. The van der Waals surface area contributed by atoms with Crippen LogP contribution in [0.2, 0.25) is 0 Å². The smallest absolute Gasteiger partial charge is 0.153 e. The molecule has 1 atom stereocenters. The SMILES string of the molecule is CCC1(Br)CCc2cc(F)c(C=O)cc21. The van der Waals surface area contributed by atoms with Gasteiger partial charge in [0, 0.05) is 0 Å². The van der Waals surface area contributed by atoms with Crippen LogP contribution in [0.15, 0.2) is 12.1 Å². The zero-order valence-corrected chi connectivity index (χ0v) is 10.1. The van der Waals surface area contributed by atoms with Crippen molar-refractivity contribution in [2.45, 2.75) is 30.5 Å². The van der Waals surface area contributed by atoms with Gasteiger partial charge in [0.15, 0.2) is 6.29 Å². The minimum Gasteiger partial charge on any atom is -0.298 e. The Morgan fingerprint density at radius 1 is 1.60 bits per heavy atom. The van der Waals surface area contributed by atoms with E-state index in [-0.39, 0.29) is 9.89 Å². The lowest BCUT2D eigenvalue weighted by Crippen LogP contribution is -2.12. The molecule has 0 aliphatic heterocycles. The first-order chi connectivity index (χ1) is 7.10. The topological polar surface area (TPSA) is 17.1 Å². The molecule has 15 heavy (non-hydrogen) atoms. The van der Waals surface area contributed by atoms with Crippen LogP contribution in [0.25, 0.3) is 0 Å². The van der Waals surface area contributed by atoms with Crippen LogP contribution in [0.3, 0.4) is 0 Å². The van der Waals surface area contributed by atoms with Crippen LogP contribution in [0.4, 0.5) is 4.39 Å². The molecule has 1 unspecified atom stereocenters. The van der Waals surface area contributed by atoms with Crippen molar-refractivity contribution in [3.05, 3.63) is 34.6 Å². The van der Waals surface area contributed by atoms with E-state index < -0.39 is 5.82 Å². The predicted molar refractivity (Wildman–Crippen MR) is 61.0 cm³/mol. The molecule has 1 aromatic rings. The van der Waals surface area contributed by atoms with Gasteiger partial charge in [-0.25, -0.2) is 4.39 Å². The summed E-state index contributed by atoms with van der Waals surface area (Å²) >= 11 is 3.69. The van der Waals surface area contributed by atoms with Crippen molar-refractivity contribution in [2.24, 2.45) is 0 Å². The van der Waals surface area contributed by atoms with Crippen LogP contribution in [0.1, 0.15) is 41.3 Å². The van der Waals surface area contributed by atoms with E-state index in [1.165, 1.54) is 6.07 Å². The number of hydrogen-bond donors (Lipinski definition) is 0. The number of halogens is 2. The second-order valence-corrected chi connectivity index (χ2v) is 5.49. The van der Waals surface area contributed by atoms with Crippen molar-refractivity contribution in [2.75, 3.05) is 0 Å². The lowest BCUT2D eigenvalue weighted by atomic mass is 9.96. The first-order valence-electron chi connectivity index (χ1n) is 5.07. The molecule has 2 rings (SSSR count). The van der Waals surface area contributed by atoms with Gasteiger partial charge in [0.25, 0.3) is 0 Å². The Kier molecular flexibility index (Phi) is 2.67. The highest BCUT2D eigenvalue weighted by molar-refractivity contribution is 9.09. The van der Waals surface area contributed by atoms with Gasteiger partial charge in [-0.1, -0.05) is 22.9 Å². The minimum atomic E-state index is -0.406. The molecule has 0 spiro atoms. The zero-order valence-electron chi connectivity index (χ0n) is 8.52. The molecule has 1 aliphatic rings. The summed E-state index contributed by atoms with van der Waals surface area (Å²) in [7, 11) is 0. The van der Waals surface area contributed by atoms with Crippen molar-refractivity contribution in [1.82, 2.24) is 0 Å². The highest BCUT2D eigenvalue weighted by Gasteiger charge is 2.35. The molecular formula is C12H12BrFO. The normalized spacial score (nSPS) is 23.9. The number of carbonyl (C=O) groups excluding carboxylic acids is 1. The maximum Gasteiger partial charge on any atom is 0.153 e. The zero-order chi connectivity index (χ0) is 11.1. The standard InChI is InChI=1S/C12H12BrFO/c1-2-12(13)4-3-8-6-11(14)9(7-15)5-10(8)12/h5-7H,2-4H2,1H3. The Labute approximate surface area is 96.8 Å². The van der Waals surface area contributed by atoms with Gasteiger partial charge in [-0.2, -0.15) is 0 Å². The fourth-order valence-corrected chi connectivity index (χ4v) is 2.75. The van der Waals surface area contributed by atoms with Gasteiger partial charge >= 0.3 is 0 Å². The van der Waals surface area contributed by atoms with Gasteiger partial charge < -0.3 is 0 Å². The Morgan fingerprint density at radius 2 is 2.33 bits per heavy atom. The van der Waals surface area contributed by atoms with Gasteiger partial charge in [-0.15, -0.1) is 0 Å². The van der Waals surface area contributed by atoms with Crippen molar-refractivity contribution in [3.63, 3.8) is 0 Å². The number of hydrogen-bond acceptors (Lipinski definition) is 1. The molecule has 1 nitrogen and oxygen atoms in total. The maximum absolute atomic E-state index is 13.4. The summed E-state index contributed by atoms with van der Waals surface area (Å²) in [6.07, 6.45) is 3.38. The second kappa shape index (κ2) is 3.71. The van der Waals surface area contributed by atoms with E-state index in [9.17, 15) is 9.18 Å². The molecule has 0 fully saturated rings. The number of aryl methyl sites for hydroxylation is 1. The van der Waals surface area contributed by atoms with Crippen LogP contribution >= 0.6 is 15.9 Å². The molecule has 0 radical (unpaired) electrons. The summed E-state index contributed by atoms with van der Waals surface area (Å²) in [4.78, 5) is 10.7. The van der Waals surface area contributed by atoms with E-state index in [0.717, 1.165) is 30.4 Å². The fraction of sp³-hybridized carbons (Fsp3) is 0.417. The molecule has 0 amide bonds. The van der Waals surface area contributed by atoms with Gasteiger partial charge in [-0.3, -0.25) is 4.79 Å². The predicted octanol–water partition coefficient (Wildman–Crippen LogP) is 3.58. The minimum absolute atomic E-state index is 0.0617. The Bertz CT molecular complexity index is 416. The quantitative estimate of drug-likeness (QED) is 0.593. The largest absolute Gasteiger partial charge is 0.298 e. The first kappa shape index (κ1) is 10.8. The van der Waals surface area contributed by atoms with Crippen molar-refractivity contribution >= 4 is 22.2 Å². The summed E-state index contributed by atoms with van der Waals surface area (Å²) in [6.45, 7) is 2.09. The molecule has 80 valence electrons. The summed E-state index contributed by atoms with van der Waals surface area (Å²) in [5.74, 6) is -0.406. The molecule has 0 saturated heterocycles. The van der Waals surface area contributed by atoms with E-state index >= 15 is 0 Å². The van der Waals surface area contributed by atoms with E-state index in [2.05, 4.69) is 22.9 Å². The molecule has 1 aromatic carbocycles. The highest BCUT2D eigenvalue weighted by atomic mass is 79.9. The van der Waals surface area contributed by atoms with Crippen molar-refractivity contribution in [1.29, 1.82) is 0 Å². The van der Waals surface area contributed by atoms with Crippen molar-refractivity contribution in [3.8, 4) is 0 Å². The van der Waals surface area contributed by atoms with Crippen LogP contribution in [0.5, 0.6) is 0 Å². The van der Waals surface area contributed by atoms with E-state index in [1.54, 1.807) is 6.07 Å². The third kappa shape index (κ3) is 1.63. The van der Waals surface area contributed by atoms with Gasteiger partial charge in [0.05, 0.1) is 9.89 Å². The molecule has 0 bridgehead atoms. The molecule has 3 heteroatoms. The lowest BCUT2D eigenvalue weighted by molar-refractivity contribution is 0.111. The summed E-state index contributed by atoms with van der Waals surface area (Å²) < 4.78 is 13.3. The molecule has 0 saturated carbocycles. The van der Waals surface area contributed by atoms with Crippen LogP contribution < -0.4 is 0 Å².